The quantitative estimate of drug-likeness (QED) is 0.567. The second-order valence-corrected chi connectivity index (χ2v) is 6.29. The molecular formula is C16H25NO2. The van der Waals surface area contributed by atoms with Crippen LogP contribution >= 0.6 is 0 Å². The predicted octanol–water partition coefficient (Wildman–Crippen LogP) is 2.76. The molecule has 1 saturated carbocycles. The summed E-state index contributed by atoms with van der Waals surface area (Å²) in [5.41, 5.74) is 0.0661. The van der Waals surface area contributed by atoms with Crippen molar-refractivity contribution < 1.29 is 9.53 Å². The van der Waals surface area contributed by atoms with Crippen LogP contribution in [0.1, 0.15) is 44.9 Å². The topological polar surface area (TPSA) is 29.5 Å². The lowest BCUT2D eigenvalue weighted by Crippen LogP contribution is -2.61. The van der Waals surface area contributed by atoms with Gasteiger partial charge in [0.25, 0.3) is 0 Å². The molecule has 0 bridgehead atoms. The van der Waals surface area contributed by atoms with E-state index in [-0.39, 0.29) is 17.4 Å². The maximum absolute atomic E-state index is 12.3. The molecule has 2 fully saturated rings. The molecule has 3 heteroatoms. The van der Waals surface area contributed by atoms with Gasteiger partial charge in [-0.15, -0.1) is 0 Å². The third kappa shape index (κ3) is 2.03. The van der Waals surface area contributed by atoms with E-state index >= 15 is 0 Å². The van der Waals surface area contributed by atoms with Crippen LogP contribution in [-0.4, -0.2) is 36.6 Å². The number of methoxy groups -OCH3 is 1. The van der Waals surface area contributed by atoms with E-state index in [4.69, 9.17) is 4.74 Å². The molecule has 3 nitrogen and oxygen atoms in total. The van der Waals surface area contributed by atoms with Crippen molar-refractivity contribution in [3.05, 3.63) is 12.2 Å². The molecule has 2 aliphatic carbocycles. The van der Waals surface area contributed by atoms with E-state index in [2.05, 4.69) is 17.1 Å². The Morgan fingerprint density at radius 3 is 2.79 bits per heavy atom. The molecule has 0 aromatic heterocycles. The van der Waals surface area contributed by atoms with E-state index in [9.17, 15) is 4.79 Å². The van der Waals surface area contributed by atoms with Crippen LogP contribution in [0.4, 0.5) is 0 Å². The molecule has 3 aliphatic rings. The zero-order valence-corrected chi connectivity index (χ0v) is 11.9. The van der Waals surface area contributed by atoms with Crippen LogP contribution in [0.25, 0.3) is 0 Å². The minimum atomic E-state index is -0.0466. The zero-order chi connectivity index (χ0) is 13.3. The molecule has 19 heavy (non-hydrogen) atoms. The lowest BCUT2D eigenvalue weighted by Gasteiger charge is -2.54. The van der Waals surface area contributed by atoms with Crippen LogP contribution in [0, 0.1) is 11.8 Å². The summed E-state index contributed by atoms with van der Waals surface area (Å²) in [5.74, 6) is 0.567. The van der Waals surface area contributed by atoms with E-state index in [0.717, 1.165) is 19.5 Å². The number of hydrogen-bond donors (Lipinski definition) is 0. The summed E-state index contributed by atoms with van der Waals surface area (Å²) < 4.78 is 5.11. The molecular weight excluding hydrogens is 238 g/mol. The number of hydrogen-bond acceptors (Lipinski definition) is 3. The summed E-state index contributed by atoms with van der Waals surface area (Å²) in [5, 5.41) is 0. The smallest absolute Gasteiger partial charge is 0.314 e. The number of carbonyl (C=O) groups excluding carboxylic acids is 1. The number of rotatable bonds is 2. The average molecular weight is 263 g/mol. The molecule has 106 valence electrons. The van der Waals surface area contributed by atoms with Crippen molar-refractivity contribution >= 4 is 5.97 Å². The largest absolute Gasteiger partial charge is 0.469 e. The van der Waals surface area contributed by atoms with Gasteiger partial charge in [0.2, 0.25) is 0 Å². The molecule has 1 saturated heterocycles. The van der Waals surface area contributed by atoms with E-state index in [1.54, 1.807) is 0 Å². The van der Waals surface area contributed by atoms with Crippen LogP contribution in [0.3, 0.4) is 0 Å². The van der Waals surface area contributed by atoms with Crippen molar-refractivity contribution in [2.45, 2.75) is 50.5 Å². The number of carbonyl (C=O) groups is 1. The van der Waals surface area contributed by atoms with Crippen LogP contribution in [-0.2, 0) is 9.53 Å². The van der Waals surface area contributed by atoms with Gasteiger partial charge in [0.05, 0.1) is 13.0 Å². The lowest BCUT2D eigenvalue weighted by molar-refractivity contribution is -0.153. The van der Waals surface area contributed by atoms with E-state index in [1.165, 1.54) is 45.6 Å². The van der Waals surface area contributed by atoms with Gasteiger partial charge in [-0.25, -0.2) is 0 Å². The molecule has 0 aromatic carbocycles. The molecule has 0 spiro atoms. The number of allylic oxidation sites excluding steroid dienone is 1. The summed E-state index contributed by atoms with van der Waals surface area (Å²) in [6.45, 7) is 2.33. The predicted molar refractivity (Wildman–Crippen MR) is 74.8 cm³/mol. The highest BCUT2D eigenvalue weighted by molar-refractivity contribution is 5.76. The van der Waals surface area contributed by atoms with Gasteiger partial charge in [-0.2, -0.15) is 0 Å². The van der Waals surface area contributed by atoms with Gasteiger partial charge in [-0.3, -0.25) is 9.69 Å². The number of nitrogens with zero attached hydrogens (tertiary/aromatic N) is 1. The zero-order valence-electron chi connectivity index (χ0n) is 11.9. The van der Waals surface area contributed by atoms with Gasteiger partial charge < -0.3 is 4.74 Å². The molecule has 0 unspecified atom stereocenters. The van der Waals surface area contributed by atoms with Crippen LogP contribution < -0.4 is 0 Å². The highest BCUT2D eigenvalue weighted by atomic mass is 16.5. The Hall–Kier alpha value is -0.830. The monoisotopic (exact) mass is 263 g/mol. The first kappa shape index (κ1) is 13.2. The highest BCUT2D eigenvalue weighted by Gasteiger charge is 2.54. The summed E-state index contributed by atoms with van der Waals surface area (Å²) in [6.07, 6.45) is 13.1. The number of fused-ring (bicyclic) bond motifs is 1. The van der Waals surface area contributed by atoms with Gasteiger partial charge in [-0.05, 0) is 51.1 Å². The Bertz CT molecular complexity index is 373. The van der Waals surface area contributed by atoms with Crippen LogP contribution in [0.5, 0.6) is 0 Å². The molecule has 1 heterocycles. The van der Waals surface area contributed by atoms with Gasteiger partial charge >= 0.3 is 5.97 Å². The Morgan fingerprint density at radius 1 is 1.26 bits per heavy atom. The van der Waals surface area contributed by atoms with Crippen molar-refractivity contribution in [2.24, 2.45) is 11.8 Å². The minimum absolute atomic E-state index is 0.0326. The molecule has 0 aromatic rings. The van der Waals surface area contributed by atoms with Crippen molar-refractivity contribution in [2.75, 3.05) is 20.2 Å². The third-order valence-corrected chi connectivity index (χ3v) is 5.52. The first-order valence-corrected chi connectivity index (χ1v) is 7.78. The SMILES string of the molecule is COC(=O)[C@H]1C=CC[C@H]2CCCC[C@@]21N1CCCC1. The number of esters is 1. The van der Waals surface area contributed by atoms with E-state index < -0.39 is 0 Å². The highest BCUT2D eigenvalue weighted by Crippen LogP contribution is 2.49. The first-order chi connectivity index (χ1) is 9.29. The Balaban J connectivity index is 1.98. The number of ether oxygens (including phenoxy) is 1. The summed E-state index contributed by atoms with van der Waals surface area (Å²) >= 11 is 0. The molecule has 0 N–H and O–H groups in total. The first-order valence-electron chi connectivity index (χ1n) is 7.78. The van der Waals surface area contributed by atoms with Crippen molar-refractivity contribution in [3.8, 4) is 0 Å². The summed E-state index contributed by atoms with van der Waals surface area (Å²) in [6, 6.07) is 0. The van der Waals surface area contributed by atoms with Crippen LogP contribution in [0.2, 0.25) is 0 Å². The van der Waals surface area contributed by atoms with Gasteiger partial charge in [0, 0.05) is 5.54 Å². The van der Waals surface area contributed by atoms with Crippen molar-refractivity contribution in [1.29, 1.82) is 0 Å². The van der Waals surface area contributed by atoms with Crippen LogP contribution in [0.15, 0.2) is 12.2 Å². The summed E-state index contributed by atoms with van der Waals surface area (Å²) in [4.78, 5) is 14.9. The second kappa shape index (κ2) is 5.28. The maximum Gasteiger partial charge on any atom is 0.314 e. The third-order valence-electron chi connectivity index (χ3n) is 5.52. The van der Waals surface area contributed by atoms with Crippen molar-refractivity contribution in [1.82, 2.24) is 4.90 Å². The Kier molecular flexibility index (Phi) is 3.66. The normalized spacial score (nSPS) is 39.0. The summed E-state index contributed by atoms with van der Waals surface area (Å²) in [7, 11) is 1.53. The minimum Gasteiger partial charge on any atom is -0.469 e. The molecule has 3 rings (SSSR count). The second-order valence-electron chi connectivity index (χ2n) is 6.29. The van der Waals surface area contributed by atoms with Crippen molar-refractivity contribution in [3.63, 3.8) is 0 Å². The molecule has 0 radical (unpaired) electrons. The standard InChI is InChI=1S/C16H25NO2/c1-19-15(18)14-9-6-8-13-7-2-3-10-16(13,14)17-11-4-5-12-17/h6,9,13-14H,2-5,7-8,10-12H2,1H3/t13-,14-,16-/m1/s1. The van der Waals surface area contributed by atoms with E-state index in [1.807, 2.05) is 0 Å². The fourth-order valence-corrected chi connectivity index (χ4v) is 4.69. The molecule has 0 amide bonds. The fourth-order valence-electron chi connectivity index (χ4n) is 4.69. The lowest BCUT2D eigenvalue weighted by atomic mass is 9.61. The van der Waals surface area contributed by atoms with Gasteiger partial charge in [0.1, 0.15) is 0 Å². The molecule has 1 aliphatic heterocycles. The molecule has 3 atom stereocenters. The Morgan fingerprint density at radius 2 is 2.05 bits per heavy atom. The van der Waals surface area contributed by atoms with Gasteiger partial charge in [-0.1, -0.05) is 25.0 Å². The Labute approximate surface area is 116 Å². The maximum atomic E-state index is 12.3. The van der Waals surface area contributed by atoms with E-state index in [0.29, 0.717) is 5.92 Å². The van der Waals surface area contributed by atoms with Gasteiger partial charge in [0.15, 0.2) is 0 Å². The average Bonchev–Trinajstić information content (AvgIpc) is 3.00. The fraction of sp³-hybridized carbons (Fsp3) is 0.812. The number of likely N-dealkylation sites (tertiary alicyclic amines) is 1.